The third kappa shape index (κ3) is 6.44. The number of hydrogen-bond acceptors (Lipinski definition) is 7. The number of ether oxygens (including phenoxy) is 3. The van der Waals surface area contributed by atoms with Crippen LogP contribution in [0.1, 0.15) is 24.1 Å². The molecule has 1 amide bonds. The molecule has 5 aromatic rings. The monoisotopic (exact) mass is 617 g/mol. The van der Waals surface area contributed by atoms with E-state index in [0.717, 1.165) is 11.1 Å². The number of para-hydroxylation sites is 4. The number of thiazole rings is 1. The summed E-state index contributed by atoms with van der Waals surface area (Å²) < 4.78 is 19.4. The molecule has 1 atom stereocenters. The lowest BCUT2D eigenvalue weighted by molar-refractivity contribution is -0.113. The molecule has 1 aromatic heterocycles. The van der Waals surface area contributed by atoms with Gasteiger partial charge in [0.2, 0.25) is 0 Å². The highest BCUT2D eigenvalue weighted by molar-refractivity contribution is 7.07. The van der Waals surface area contributed by atoms with Crippen LogP contribution in [-0.2, 0) is 4.79 Å². The summed E-state index contributed by atoms with van der Waals surface area (Å²) in [5.41, 5.74) is 2.97. The Morgan fingerprint density at radius 1 is 0.844 bits per heavy atom. The summed E-state index contributed by atoms with van der Waals surface area (Å²) >= 11 is 1.28. The molecule has 1 unspecified atom stereocenters. The molecule has 0 radical (unpaired) electrons. The smallest absolute Gasteiger partial charge is 0.271 e. The number of methoxy groups -OCH3 is 1. The van der Waals surface area contributed by atoms with Crippen molar-refractivity contribution >= 4 is 29.0 Å². The number of aromatic nitrogens is 1. The summed E-state index contributed by atoms with van der Waals surface area (Å²) in [6, 6.07) is 33.1. The van der Waals surface area contributed by atoms with Crippen LogP contribution in [0.15, 0.2) is 130 Å². The molecule has 226 valence electrons. The number of hydrogen-bond donors (Lipinski definition) is 1. The first kappa shape index (κ1) is 29.7. The van der Waals surface area contributed by atoms with Crippen molar-refractivity contribution in [3.63, 3.8) is 0 Å². The molecular weight excluding hydrogens is 586 g/mol. The lowest BCUT2D eigenvalue weighted by Gasteiger charge is -2.25. The van der Waals surface area contributed by atoms with Gasteiger partial charge in [-0.1, -0.05) is 90.2 Å². The quantitative estimate of drug-likeness (QED) is 0.214. The summed E-state index contributed by atoms with van der Waals surface area (Å²) in [5, 5.41) is 2.98. The number of rotatable bonds is 10. The van der Waals surface area contributed by atoms with Gasteiger partial charge in [-0.05, 0) is 48.9 Å². The molecule has 45 heavy (non-hydrogen) atoms. The van der Waals surface area contributed by atoms with Crippen molar-refractivity contribution in [2.75, 3.05) is 25.6 Å². The number of fused-ring (bicyclic) bond motifs is 1. The van der Waals surface area contributed by atoms with Crippen molar-refractivity contribution < 1.29 is 19.0 Å². The van der Waals surface area contributed by atoms with E-state index in [1.807, 2.05) is 122 Å². The van der Waals surface area contributed by atoms with Crippen LogP contribution in [0.25, 0.3) is 6.08 Å². The fourth-order valence-corrected chi connectivity index (χ4v) is 6.23. The van der Waals surface area contributed by atoms with Gasteiger partial charge in [0.1, 0.15) is 19.0 Å². The van der Waals surface area contributed by atoms with Gasteiger partial charge in [0.15, 0.2) is 16.3 Å². The van der Waals surface area contributed by atoms with Crippen molar-refractivity contribution in [3.8, 4) is 17.2 Å². The van der Waals surface area contributed by atoms with Crippen molar-refractivity contribution in [2.45, 2.75) is 13.0 Å². The minimum Gasteiger partial charge on any atom is -0.493 e. The fourth-order valence-electron chi connectivity index (χ4n) is 5.20. The molecule has 0 saturated carbocycles. The third-order valence-electron chi connectivity index (χ3n) is 7.29. The van der Waals surface area contributed by atoms with Gasteiger partial charge in [-0.25, -0.2) is 4.99 Å². The first-order valence-corrected chi connectivity index (χ1v) is 15.3. The van der Waals surface area contributed by atoms with Gasteiger partial charge < -0.3 is 19.5 Å². The summed E-state index contributed by atoms with van der Waals surface area (Å²) in [7, 11) is 1.60. The van der Waals surface area contributed by atoms with Crippen molar-refractivity contribution in [3.05, 3.63) is 151 Å². The summed E-state index contributed by atoms with van der Waals surface area (Å²) in [5.74, 6) is 1.60. The minimum absolute atomic E-state index is 0.237. The van der Waals surface area contributed by atoms with Crippen LogP contribution in [0.5, 0.6) is 17.2 Å². The standard InChI is InChI=1S/C36H31N3O5S/c1-24-32(34(40)38-27-16-7-4-8-17-27)33(25-13-5-3-6-14-25)39-35(41)31(45-36(39)37-24)23-26-15-9-10-18-28(26)43-21-22-44-30-20-12-11-19-29(30)42-2/h3-20,23,33H,21-22H2,1-2H3,(H,38,40)/b31-23+. The maximum atomic E-state index is 14.1. The highest BCUT2D eigenvalue weighted by atomic mass is 32.1. The maximum Gasteiger partial charge on any atom is 0.271 e. The number of anilines is 1. The van der Waals surface area contributed by atoms with Gasteiger partial charge in [0, 0.05) is 11.3 Å². The Balaban J connectivity index is 1.31. The predicted octanol–water partition coefficient (Wildman–Crippen LogP) is 5.34. The van der Waals surface area contributed by atoms with E-state index in [1.54, 1.807) is 11.7 Å². The Bertz CT molecular complexity index is 2030. The van der Waals surface area contributed by atoms with Crippen LogP contribution in [0.4, 0.5) is 5.69 Å². The second-order valence-electron chi connectivity index (χ2n) is 10.2. The Labute approximate surface area is 264 Å². The molecule has 1 N–H and O–H groups in total. The average Bonchev–Trinajstić information content (AvgIpc) is 3.37. The van der Waals surface area contributed by atoms with E-state index in [9.17, 15) is 9.59 Å². The molecule has 0 fully saturated rings. The van der Waals surface area contributed by atoms with Crippen molar-refractivity contribution in [1.29, 1.82) is 0 Å². The Morgan fingerprint density at radius 3 is 2.16 bits per heavy atom. The van der Waals surface area contributed by atoms with Crippen molar-refractivity contribution in [2.24, 2.45) is 4.99 Å². The second-order valence-corrected chi connectivity index (χ2v) is 11.2. The maximum absolute atomic E-state index is 14.1. The SMILES string of the molecule is COc1ccccc1OCCOc1ccccc1/C=c1/sc2n(c1=O)C(c1ccccc1)C(C(=O)Nc1ccccc1)=C(C)N=2. The first-order chi connectivity index (χ1) is 22.0. The Morgan fingerprint density at radius 2 is 1.44 bits per heavy atom. The molecule has 1 aliphatic heterocycles. The van der Waals surface area contributed by atoms with E-state index in [4.69, 9.17) is 19.2 Å². The predicted molar refractivity (Wildman–Crippen MR) is 176 cm³/mol. The van der Waals surface area contributed by atoms with E-state index in [-0.39, 0.29) is 18.1 Å². The van der Waals surface area contributed by atoms with Crippen LogP contribution in [0, 0.1) is 0 Å². The molecule has 9 heteroatoms. The van der Waals surface area contributed by atoms with Crippen LogP contribution < -0.4 is 34.4 Å². The van der Waals surface area contributed by atoms with Crippen LogP contribution in [0.2, 0.25) is 0 Å². The molecule has 0 bridgehead atoms. The summed E-state index contributed by atoms with van der Waals surface area (Å²) in [4.78, 5) is 33.0. The largest absolute Gasteiger partial charge is 0.493 e. The normalized spacial score (nSPS) is 14.4. The van der Waals surface area contributed by atoms with Crippen LogP contribution in [0.3, 0.4) is 0 Å². The minimum atomic E-state index is -0.646. The number of benzene rings is 4. The van der Waals surface area contributed by atoms with E-state index in [0.29, 0.717) is 50.1 Å². The summed E-state index contributed by atoms with van der Waals surface area (Å²) in [6.45, 7) is 2.40. The van der Waals surface area contributed by atoms with Gasteiger partial charge >= 0.3 is 0 Å². The van der Waals surface area contributed by atoms with Crippen LogP contribution >= 0.6 is 11.3 Å². The van der Waals surface area contributed by atoms with E-state index in [2.05, 4.69) is 5.32 Å². The van der Waals surface area contributed by atoms with E-state index < -0.39 is 6.04 Å². The third-order valence-corrected chi connectivity index (χ3v) is 8.27. The number of carbonyl (C=O) groups is 1. The molecule has 0 aliphatic carbocycles. The number of nitrogens with one attached hydrogen (secondary N) is 1. The van der Waals surface area contributed by atoms with E-state index in [1.165, 1.54) is 11.3 Å². The highest BCUT2D eigenvalue weighted by Crippen LogP contribution is 2.31. The summed E-state index contributed by atoms with van der Waals surface area (Å²) in [6.07, 6.45) is 1.81. The number of carbonyl (C=O) groups excluding carboxylic acids is 1. The molecule has 0 saturated heterocycles. The molecule has 1 aliphatic rings. The molecule has 0 spiro atoms. The average molecular weight is 618 g/mol. The van der Waals surface area contributed by atoms with Gasteiger partial charge in [-0.2, -0.15) is 0 Å². The molecule has 6 rings (SSSR count). The number of allylic oxidation sites excluding steroid dienone is 1. The molecular formula is C36H31N3O5S. The number of amides is 1. The van der Waals surface area contributed by atoms with E-state index >= 15 is 0 Å². The first-order valence-electron chi connectivity index (χ1n) is 14.4. The van der Waals surface area contributed by atoms with Gasteiger partial charge in [0.05, 0.1) is 29.0 Å². The van der Waals surface area contributed by atoms with Gasteiger partial charge in [-0.3, -0.25) is 14.2 Å². The highest BCUT2D eigenvalue weighted by Gasteiger charge is 2.32. The zero-order valence-electron chi connectivity index (χ0n) is 24.8. The topological polar surface area (TPSA) is 91.2 Å². The van der Waals surface area contributed by atoms with Gasteiger partial charge in [-0.15, -0.1) is 0 Å². The molecule has 2 heterocycles. The zero-order chi connectivity index (χ0) is 31.2. The number of nitrogens with zero attached hydrogens (tertiary/aromatic N) is 2. The van der Waals surface area contributed by atoms with Crippen molar-refractivity contribution in [1.82, 2.24) is 4.57 Å². The molecule has 8 nitrogen and oxygen atoms in total. The second kappa shape index (κ2) is 13.5. The zero-order valence-corrected chi connectivity index (χ0v) is 25.6. The Hall–Kier alpha value is -5.41. The van der Waals surface area contributed by atoms with Gasteiger partial charge in [0.25, 0.3) is 11.5 Å². The fraction of sp³-hybridized carbons (Fsp3) is 0.139. The Kier molecular flexibility index (Phi) is 8.89. The van der Waals surface area contributed by atoms with Crippen LogP contribution in [-0.4, -0.2) is 30.8 Å². The molecule has 4 aromatic carbocycles. The lowest BCUT2D eigenvalue weighted by atomic mass is 9.95. The lowest BCUT2D eigenvalue weighted by Crippen LogP contribution is -2.40.